The van der Waals surface area contributed by atoms with Gasteiger partial charge in [0.15, 0.2) is 5.78 Å². The maximum absolute atomic E-state index is 12.8. The third kappa shape index (κ3) is 1.58. The molecule has 0 heterocycles. The molecule has 0 amide bonds. The Morgan fingerprint density at radius 1 is 1.00 bits per heavy atom. The first-order valence-corrected chi connectivity index (χ1v) is 8.79. The molecule has 0 radical (unpaired) electrons. The molecule has 4 rings (SSSR count). The van der Waals surface area contributed by atoms with Gasteiger partial charge in [0.05, 0.1) is 0 Å². The van der Waals surface area contributed by atoms with Crippen LogP contribution in [0.4, 0.5) is 0 Å². The molecule has 0 aliphatic heterocycles. The topological polar surface area (TPSA) is 17.1 Å². The van der Waals surface area contributed by atoms with Gasteiger partial charge in [0.25, 0.3) is 0 Å². The van der Waals surface area contributed by atoms with E-state index in [1.807, 2.05) is 0 Å². The van der Waals surface area contributed by atoms with E-state index in [0.29, 0.717) is 34.4 Å². The summed E-state index contributed by atoms with van der Waals surface area (Å²) in [6, 6.07) is 0. The number of rotatable bonds is 0. The average molecular weight is 272 g/mol. The lowest BCUT2D eigenvalue weighted by atomic mass is 9.48. The summed E-state index contributed by atoms with van der Waals surface area (Å²) in [5.41, 5.74) is 2.35. The fourth-order valence-electron chi connectivity index (χ4n) is 6.42. The lowest BCUT2D eigenvalue weighted by Gasteiger charge is -2.55. The third-order valence-corrected chi connectivity index (χ3v) is 7.64. The molecular weight excluding hydrogens is 244 g/mol. The summed E-state index contributed by atoms with van der Waals surface area (Å²) in [5, 5.41) is 0. The first-order chi connectivity index (χ1) is 9.55. The molecule has 4 aliphatic carbocycles. The second-order valence-electron chi connectivity index (χ2n) is 8.52. The van der Waals surface area contributed by atoms with E-state index in [4.69, 9.17) is 0 Å². The SMILES string of the molecule is CC12CCCC1C1C(=O)C=C3CCCCC3(C)C1CC2. The van der Waals surface area contributed by atoms with Crippen LogP contribution >= 0.6 is 0 Å². The molecule has 0 aromatic carbocycles. The first kappa shape index (κ1) is 13.1. The van der Waals surface area contributed by atoms with Crippen molar-refractivity contribution in [3.05, 3.63) is 11.6 Å². The van der Waals surface area contributed by atoms with Crippen LogP contribution in [0.25, 0.3) is 0 Å². The summed E-state index contributed by atoms with van der Waals surface area (Å²) in [6.45, 7) is 4.95. The maximum Gasteiger partial charge on any atom is 0.159 e. The van der Waals surface area contributed by atoms with Gasteiger partial charge in [0.1, 0.15) is 0 Å². The molecule has 0 aromatic heterocycles. The van der Waals surface area contributed by atoms with Crippen LogP contribution in [0.3, 0.4) is 0 Å². The first-order valence-electron chi connectivity index (χ1n) is 8.79. The molecule has 5 atom stereocenters. The Balaban J connectivity index is 1.77. The Bertz CT molecular complexity index is 476. The number of ketones is 1. The van der Waals surface area contributed by atoms with Gasteiger partial charge in [-0.2, -0.15) is 0 Å². The zero-order valence-corrected chi connectivity index (χ0v) is 13.1. The predicted molar refractivity (Wildman–Crippen MR) is 81.3 cm³/mol. The van der Waals surface area contributed by atoms with Crippen molar-refractivity contribution >= 4 is 5.78 Å². The molecule has 0 bridgehead atoms. The number of allylic oxidation sites excluding steroid dienone is 2. The summed E-state index contributed by atoms with van der Waals surface area (Å²) >= 11 is 0. The van der Waals surface area contributed by atoms with Crippen molar-refractivity contribution < 1.29 is 4.79 Å². The zero-order chi connectivity index (χ0) is 14.0. The van der Waals surface area contributed by atoms with E-state index in [-0.39, 0.29) is 0 Å². The molecule has 3 fully saturated rings. The highest BCUT2D eigenvalue weighted by Gasteiger charge is 2.57. The normalized spacial score (nSPS) is 51.0. The second kappa shape index (κ2) is 4.21. The standard InChI is InChI=1S/C19H28O/c1-18-9-5-7-14(18)17-15(8-11-18)19(2)10-4-3-6-13(19)12-16(17)20/h12,14-15,17H,3-11H2,1-2H3. The Hall–Kier alpha value is -0.590. The zero-order valence-electron chi connectivity index (χ0n) is 13.1. The lowest BCUT2D eigenvalue weighted by molar-refractivity contribution is -0.132. The fourth-order valence-corrected chi connectivity index (χ4v) is 6.42. The number of carbonyl (C=O) groups is 1. The average Bonchev–Trinajstić information content (AvgIpc) is 2.81. The van der Waals surface area contributed by atoms with Crippen LogP contribution in [-0.4, -0.2) is 5.78 Å². The van der Waals surface area contributed by atoms with Crippen molar-refractivity contribution in [1.29, 1.82) is 0 Å². The van der Waals surface area contributed by atoms with Crippen LogP contribution in [0.15, 0.2) is 11.6 Å². The van der Waals surface area contributed by atoms with Gasteiger partial charge in [-0.25, -0.2) is 0 Å². The van der Waals surface area contributed by atoms with Crippen molar-refractivity contribution in [2.24, 2.45) is 28.6 Å². The number of fused-ring (bicyclic) bond motifs is 5. The summed E-state index contributed by atoms with van der Waals surface area (Å²) in [4.78, 5) is 12.8. The molecular formula is C19H28O. The summed E-state index contributed by atoms with van der Waals surface area (Å²) in [7, 11) is 0. The molecule has 0 N–H and O–H groups in total. The van der Waals surface area contributed by atoms with Crippen molar-refractivity contribution in [2.75, 3.05) is 0 Å². The van der Waals surface area contributed by atoms with Crippen molar-refractivity contribution in [3.63, 3.8) is 0 Å². The van der Waals surface area contributed by atoms with Crippen molar-refractivity contribution in [2.45, 2.75) is 71.6 Å². The molecule has 1 nitrogen and oxygen atoms in total. The highest BCUT2D eigenvalue weighted by molar-refractivity contribution is 5.94. The maximum atomic E-state index is 12.8. The van der Waals surface area contributed by atoms with Gasteiger partial charge in [0.2, 0.25) is 0 Å². The Kier molecular flexibility index (Phi) is 2.76. The minimum Gasteiger partial charge on any atom is -0.295 e. The van der Waals surface area contributed by atoms with E-state index < -0.39 is 0 Å². The highest BCUT2D eigenvalue weighted by Crippen LogP contribution is 2.63. The summed E-state index contributed by atoms with van der Waals surface area (Å²) in [6.07, 6.45) is 14.0. The molecule has 3 saturated carbocycles. The van der Waals surface area contributed by atoms with Gasteiger partial charge in [-0.3, -0.25) is 4.79 Å². The monoisotopic (exact) mass is 272 g/mol. The van der Waals surface area contributed by atoms with E-state index in [2.05, 4.69) is 19.9 Å². The van der Waals surface area contributed by atoms with Gasteiger partial charge in [-0.05, 0) is 73.7 Å². The van der Waals surface area contributed by atoms with Crippen LogP contribution < -0.4 is 0 Å². The van der Waals surface area contributed by atoms with Crippen molar-refractivity contribution in [1.82, 2.24) is 0 Å². The highest BCUT2D eigenvalue weighted by atomic mass is 16.1. The van der Waals surface area contributed by atoms with Gasteiger partial charge >= 0.3 is 0 Å². The van der Waals surface area contributed by atoms with E-state index >= 15 is 0 Å². The largest absolute Gasteiger partial charge is 0.295 e. The molecule has 0 spiro atoms. The van der Waals surface area contributed by atoms with Gasteiger partial charge in [-0.1, -0.05) is 32.3 Å². The summed E-state index contributed by atoms with van der Waals surface area (Å²) < 4.78 is 0. The van der Waals surface area contributed by atoms with E-state index in [1.54, 1.807) is 0 Å². The molecule has 110 valence electrons. The number of carbonyl (C=O) groups excluding carboxylic acids is 1. The molecule has 0 saturated heterocycles. The second-order valence-corrected chi connectivity index (χ2v) is 8.52. The molecule has 0 aromatic rings. The molecule has 1 heteroatoms. The smallest absolute Gasteiger partial charge is 0.159 e. The predicted octanol–water partition coefficient (Wildman–Crippen LogP) is 4.91. The van der Waals surface area contributed by atoms with Gasteiger partial charge in [-0.15, -0.1) is 0 Å². The van der Waals surface area contributed by atoms with E-state index in [9.17, 15) is 4.79 Å². The van der Waals surface area contributed by atoms with Gasteiger partial charge < -0.3 is 0 Å². The Morgan fingerprint density at radius 3 is 2.70 bits per heavy atom. The van der Waals surface area contributed by atoms with Gasteiger partial charge in [0, 0.05) is 5.92 Å². The fraction of sp³-hybridized carbons (Fsp3) is 0.842. The van der Waals surface area contributed by atoms with Crippen molar-refractivity contribution in [3.8, 4) is 0 Å². The Labute approximate surface area is 123 Å². The van der Waals surface area contributed by atoms with E-state index in [1.165, 1.54) is 63.4 Å². The quantitative estimate of drug-likeness (QED) is 0.612. The van der Waals surface area contributed by atoms with Crippen LogP contribution in [0.5, 0.6) is 0 Å². The van der Waals surface area contributed by atoms with Crippen LogP contribution in [0.1, 0.15) is 71.6 Å². The number of hydrogen-bond acceptors (Lipinski definition) is 1. The third-order valence-electron chi connectivity index (χ3n) is 7.64. The number of hydrogen-bond donors (Lipinski definition) is 0. The Morgan fingerprint density at radius 2 is 1.85 bits per heavy atom. The van der Waals surface area contributed by atoms with Crippen LogP contribution in [0, 0.1) is 28.6 Å². The minimum absolute atomic E-state index is 0.362. The van der Waals surface area contributed by atoms with Crippen LogP contribution in [0.2, 0.25) is 0 Å². The molecule has 5 unspecified atom stereocenters. The molecule has 4 aliphatic rings. The molecule has 20 heavy (non-hydrogen) atoms. The summed E-state index contributed by atoms with van der Waals surface area (Å²) in [5.74, 6) is 2.21. The van der Waals surface area contributed by atoms with Crippen LogP contribution in [-0.2, 0) is 4.79 Å². The minimum atomic E-state index is 0.362. The van der Waals surface area contributed by atoms with E-state index in [0.717, 1.165) is 0 Å². The lowest BCUT2D eigenvalue weighted by Crippen LogP contribution is -2.51.